The maximum absolute atomic E-state index is 12.2. The van der Waals surface area contributed by atoms with Crippen molar-refractivity contribution in [2.75, 3.05) is 11.9 Å². The van der Waals surface area contributed by atoms with E-state index in [4.69, 9.17) is 0 Å². The number of thiazole rings is 1. The van der Waals surface area contributed by atoms with Crippen molar-refractivity contribution in [2.45, 2.75) is 13.0 Å². The SMILES string of the molecule is O=C(Nc1nc2c(s1)CNCC2)c1cc(Br)cc(Br)c1. The number of fused-ring (bicyclic) bond motifs is 1. The quantitative estimate of drug-likeness (QED) is 0.786. The molecule has 0 fully saturated rings. The summed E-state index contributed by atoms with van der Waals surface area (Å²) in [4.78, 5) is 17.9. The number of carbonyl (C=O) groups excluding carboxylic acids is 1. The van der Waals surface area contributed by atoms with Crippen molar-refractivity contribution in [1.29, 1.82) is 0 Å². The van der Waals surface area contributed by atoms with Gasteiger partial charge in [0.25, 0.3) is 5.91 Å². The van der Waals surface area contributed by atoms with Gasteiger partial charge in [-0.3, -0.25) is 10.1 Å². The number of benzene rings is 1. The van der Waals surface area contributed by atoms with Crippen LogP contribution in [0.4, 0.5) is 5.13 Å². The molecule has 1 aromatic carbocycles. The Balaban J connectivity index is 1.80. The normalized spacial score (nSPS) is 13.9. The van der Waals surface area contributed by atoms with E-state index in [1.165, 1.54) is 16.2 Å². The largest absolute Gasteiger partial charge is 0.311 e. The molecule has 0 aliphatic carbocycles. The summed E-state index contributed by atoms with van der Waals surface area (Å²) in [6.45, 7) is 1.79. The molecule has 1 aromatic heterocycles. The van der Waals surface area contributed by atoms with Crippen LogP contribution in [-0.2, 0) is 13.0 Å². The van der Waals surface area contributed by atoms with Crippen LogP contribution in [-0.4, -0.2) is 17.4 Å². The minimum Gasteiger partial charge on any atom is -0.311 e. The zero-order chi connectivity index (χ0) is 14.1. The maximum Gasteiger partial charge on any atom is 0.257 e. The van der Waals surface area contributed by atoms with Gasteiger partial charge in [0.05, 0.1) is 5.69 Å². The number of halogens is 2. The summed E-state index contributed by atoms with van der Waals surface area (Å²) in [5.74, 6) is -0.147. The summed E-state index contributed by atoms with van der Waals surface area (Å²) < 4.78 is 1.72. The van der Waals surface area contributed by atoms with Gasteiger partial charge in [-0.25, -0.2) is 4.98 Å². The van der Waals surface area contributed by atoms with Crippen molar-refractivity contribution in [3.05, 3.63) is 43.3 Å². The molecule has 2 heterocycles. The predicted octanol–water partition coefficient (Wildman–Crippen LogP) is 3.57. The highest BCUT2D eigenvalue weighted by Crippen LogP contribution is 2.26. The summed E-state index contributed by atoms with van der Waals surface area (Å²) in [5, 5.41) is 6.83. The number of amides is 1. The minimum absolute atomic E-state index is 0.147. The molecule has 7 heteroatoms. The van der Waals surface area contributed by atoms with Gasteiger partial charge >= 0.3 is 0 Å². The van der Waals surface area contributed by atoms with Crippen molar-refractivity contribution in [2.24, 2.45) is 0 Å². The molecule has 0 spiro atoms. The molecule has 4 nitrogen and oxygen atoms in total. The molecular weight excluding hydrogens is 406 g/mol. The zero-order valence-corrected chi connectivity index (χ0v) is 14.4. The molecule has 20 heavy (non-hydrogen) atoms. The molecule has 0 saturated heterocycles. The number of hydrogen-bond acceptors (Lipinski definition) is 4. The topological polar surface area (TPSA) is 54.0 Å². The number of hydrogen-bond donors (Lipinski definition) is 2. The van der Waals surface area contributed by atoms with Crippen LogP contribution in [0.15, 0.2) is 27.1 Å². The Hall–Kier alpha value is -0.760. The third-order valence-electron chi connectivity index (χ3n) is 2.95. The highest BCUT2D eigenvalue weighted by Gasteiger charge is 2.16. The van der Waals surface area contributed by atoms with Crippen molar-refractivity contribution < 1.29 is 4.79 Å². The molecule has 0 radical (unpaired) electrons. The Labute approximate surface area is 137 Å². The van der Waals surface area contributed by atoms with Crippen LogP contribution >= 0.6 is 43.2 Å². The molecule has 2 N–H and O–H groups in total. The Bertz CT molecular complexity index is 628. The molecule has 0 bridgehead atoms. The second-order valence-corrected chi connectivity index (χ2v) is 7.34. The van der Waals surface area contributed by atoms with Gasteiger partial charge in [0, 0.05) is 38.9 Å². The summed E-state index contributed by atoms with van der Waals surface area (Å²) in [6, 6.07) is 5.47. The molecule has 1 aliphatic rings. The van der Waals surface area contributed by atoms with Crippen LogP contribution in [0.25, 0.3) is 0 Å². The number of rotatable bonds is 2. The molecule has 0 atom stereocenters. The molecule has 2 aromatic rings. The summed E-state index contributed by atoms with van der Waals surface area (Å²) in [6.07, 6.45) is 0.921. The first-order chi connectivity index (χ1) is 9.61. The van der Waals surface area contributed by atoms with Gasteiger partial charge < -0.3 is 5.32 Å². The average Bonchev–Trinajstić information content (AvgIpc) is 2.79. The monoisotopic (exact) mass is 415 g/mol. The Morgan fingerprint density at radius 2 is 2.05 bits per heavy atom. The molecule has 0 unspecified atom stereocenters. The fourth-order valence-electron chi connectivity index (χ4n) is 2.03. The van der Waals surface area contributed by atoms with Gasteiger partial charge in [-0.05, 0) is 18.2 Å². The lowest BCUT2D eigenvalue weighted by molar-refractivity contribution is 0.102. The van der Waals surface area contributed by atoms with Crippen LogP contribution < -0.4 is 10.6 Å². The second-order valence-electron chi connectivity index (χ2n) is 4.43. The van der Waals surface area contributed by atoms with Crippen molar-refractivity contribution >= 4 is 54.2 Å². The van der Waals surface area contributed by atoms with E-state index in [9.17, 15) is 4.79 Å². The van der Waals surface area contributed by atoms with E-state index < -0.39 is 0 Å². The van der Waals surface area contributed by atoms with Crippen molar-refractivity contribution in [1.82, 2.24) is 10.3 Å². The Kier molecular flexibility index (Phi) is 4.21. The van der Waals surface area contributed by atoms with Gasteiger partial charge in [-0.2, -0.15) is 0 Å². The third kappa shape index (κ3) is 3.11. The molecule has 1 aliphatic heterocycles. The van der Waals surface area contributed by atoms with Crippen molar-refractivity contribution in [3.8, 4) is 0 Å². The van der Waals surface area contributed by atoms with Gasteiger partial charge in [-0.1, -0.05) is 31.9 Å². The fraction of sp³-hybridized carbons (Fsp3) is 0.231. The van der Waals surface area contributed by atoms with E-state index in [1.54, 1.807) is 12.1 Å². The van der Waals surface area contributed by atoms with Crippen LogP contribution in [0.2, 0.25) is 0 Å². The van der Waals surface area contributed by atoms with E-state index >= 15 is 0 Å². The van der Waals surface area contributed by atoms with Crippen LogP contribution in [0.3, 0.4) is 0 Å². The number of carbonyl (C=O) groups is 1. The van der Waals surface area contributed by atoms with E-state index in [-0.39, 0.29) is 5.91 Å². The summed E-state index contributed by atoms with van der Waals surface area (Å²) in [7, 11) is 0. The summed E-state index contributed by atoms with van der Waals surface area (Å²) >= 11 is 8.30. The van der Waals surface area contributed by atoms with Crippen LogP contribution in [0, 0.1) is 0 Å². The van der Waals surface area contributed by atoms with Crippen molar-refractivity contribution in [3.63, 3.8) is 0 Å². The van der Waals surface area contributed by atoms with E-state index in [2.05, 4.69) is 47.5 Å². The number of aromatic nitrogens is 1. The first-order valence-corrected chi connectivity index (χ1v) is 8.49. The fourth-order valence-corrected chi connectivity index (χ4v) is 4.30. The molecule has 3 rings (SSSR count). The minimum atomic E-state index is -0.147. The smallest absolute Gasteiger partial charge is 0.257 e. The molecule has 1 amide bonds. The van der Waals surface area contributed by atoms with E-state index in [0.29, 0.717) is 10.7 Å². The van der Waals surface area contributed by atoms with Gasteiger partial charge in [0.1, 0.15) is 0 Å². The standard InChI is InChI=1S/C13H11Br2N3OS/c14-8-3-7(4-9(15)5-8)12(19)18-13-17-10-1-2-16-6-11(10)20-13/h3-5,16H,1-2,6H2,(H,17,18,19). The predicted molar refractivity (Wildman–Crippen MR) is 87.3 cm³/mol. The highest BCUT2D eigenvalue weighted by molar-refractivity contribution is 9.11. The molecule has 104 valence electrons. The lowest BCUT2D eigenvalue weighted by Gasteiger charge is -2.09. The van der Waals surface area contributed by atoms with Gasteiger partial charge in [-0.15, -0.1) is 11.3 Å². The lowest BCUT2D eigenvalue weighted by Crippen LogP contribution is -2.22. The average molecular weight is 417 g/mol. The number of anilines is 1. The first-order valence-electron chi connectivity index (χ1n) is 6.08. The van der Waals surface area contributed by atoms with Crippen LogP contribution in [0.5, 0.6) is 0 Å². The number of nitrogens with one attached hydrogen (secondary N) is 2. The third-order valence-corrected chi connectivity index (χ3v) is 4.88. The molecular formula is C13H11Br2N3OS. The maximum atomic E-state index is 12.2. The zero-order valence-electron chi connectivity index (χ0n) is 10.4. The Morgan fingerprint density at radius 1 is 1.30 bits per heavy atom. The highest BCUT2D eigenvalue weighted by atomic mass is 79.9. The molecule has 0 saturated carbocycles. The second kappa shape index (κ2) is 5.93. The van der Waals surface area contributed by atoms with Gasteiger partial charge in [0.15, 0.2) is 5.13 Å². The summed E-state index contributed by atoms with van der Waals surface area (Å²) in [5.41, 5.74) is 1.69. The van der Waals surface area contributed by atoms with Gasteiger partial charge in [0.2, 0.25) is 0 Å². The van der Waals surface area contributed by atoms with Crippen LogP contribution in [0.1, 0.15) is 20.9 Å². The number of nitrogens with zero attached hydrogens (tertiary/aromatic N) is 1. The lowest BCUT2D eigenvalue weighted by atomic mass is 10.2. The van der Waals surface area contributed by atoms with E-state index in [1.807, 2.05) is 6.07 Å². The van der Waals surface area contributed by atoms with E-state index in [0.717, 1.165) is 34.1 Å². The first kappa shape index (κ1) is 14.2. The Morgan fingerprint density at radius 3 is 2.75 bits per heavy atom.